The summed E-state index contributed by atoms with van der Waals surface area (Å²) >= 11 is 6.34. The zero-order valence-corrected chi connectivity index (χ0v) is 7.51. The molecule has 0 fully saturated rings. The van der Waals surface area contributed by atoms with Crippen LogP contribution in [0.25, 0.3) is 0 Å². The van der Waals surface area contributed by atoms with Gasteiger partial charge in [0, 0.05) is 0 Å². The van der Waals surface area contributed by atoms with Gasteiger partial charge in [-0.2, -0.15) is 0 Å². The van der Waals surface area contributed by atoms with Gasteiger partial charge in [-0.05, 0) is 6.16 Å². The molecule has 0 saturated carbocycles. The van der Waals surface area contributed by atoms with Crippen LogP contribution in [-0.2, 0) is 0 Å². The van der Waals surface area contributed by atoms with Gasteiger partial charge in [-0.1, -0.05) is 37.9 Å². The highest BCUT2D eigenvalue weighted by molar-refractivity contribution is 9.24. The molecule has 0 aromatic carbocycles. The topological polar surface area (TPSA) is 63.2 Å². The zero-order valence-electron chi connectivity index (χ0n) is 4.34. The minimum Gasteiger partial charge on any atom is -0.652 e. The summed E-state index contributed by atoms with van der Waals surface area (Å²) in [5, 5.41) is 16.7. The molecular formula is C4H4Br2O3-2. The fourth-order valence-corrected chi connectivity index (χ4v) is 0. The second kappa shape index (κ2) is 7.97. The fourth-order valence-electron chi connectivity index (χ4n) is 0. The first kappa shape index (κ1) is 11.7. The Morgan fingerprint density at radius 1 is 1.56 bits per heavy atom. The van der Waals surface area contributed by atoms with Crippen LogP contribution in [-0.4, -0.2) is 9.89 Å². The molecule has 0 radical (unpaired) electrons. The van der Waals surface area contributed by atoms with E-state index in [9.17, 15) is 0 Å². The van der Waals surface area contributed by atoms with Gasteiger partial charge in [0.2, 0.25) is 0 Å². The van der Waals surface area contributed by atoms with Gasteiger partial charge in [0.25, 0.3) is 0 Å². The summed E-state index contributed by atoms with van der Waals surface area (Å²) in [5.74, 6) is 0. The summed E-state index contributed by atoms with van der Waals surface area (Å²) in [7, 11) is 0. The van der Waals surface area contributed by atoms with Gasteiger partial charge in [0.15, 0.2) is 0 Å². The maximum absolute atomic E-state index is 8.33. The Morgan fingerprint density at radius 3 is 1.67 bits per heavy atom. The predicted molar refractivity (Wildman–Crippen MR) is 37.2 cm³/mol. The molecule has 0 aliphatic heterocycles. The quantitative estimate of drug-likeness (QED) is 0.486. The van der Waals surface area contributed by atoms with Crippen molar-refractivity contribution < 1.29 is 15.0 Å². The summed E-state index contributed by atoms with van der Waals surface area (Å²) in [6, 6.07) is 0. The molecule has 0 heterocycles. The van der Waals surface area contributed by atoms with Crippen molar-refractivity contribution in [3.8, 4) is 0 Å². The normalized spacial score (nSPS) is 7.44. The van der Waals surface area contributed by atoms with Gasteiger partial charge in [-0.15, -0.1) is 6.58 Å². The van der Waals surface area contributed by atoms with E-state index in [1.165, 1.54) is 0 Å². The highest BCUT2D eigenvalue weighted by atomic mass is 79.9. The van der Waals surface area contributed by atoms with Crippen LogP contribution in [0.15, 0.2) is 12.7 Å². The Labute approximate surface area is 69.6 Å². The molecule has 0 rings (SSSR count). The average Bonchev–Trinajstić information content (AvgIpc) is 1.65. The van der Waals surface area contributed by atoms with Crippen LogP contribution in [0.4, 0.5) is 4.79 Å². The number of alkyl halides is 2. The molecule has 9 heavy (non-hydrogen) atoms. The predicted octanol–water partition coefficient (Wildman–Crippen LogP) is -0.159. The van der Waals surface area contributed by atoms with Gasteiger partial charge in [0.05, 0.1) is 3.74 Å². The number of carbonyl (C=O) groups excluding carboxylic acids is 1. The van der Waals surface area contributed by atoms with Crippen molar-refractivity contribution >= 4 is 38.0 Å². The number of hydrogen-bond donors (Lipinski definition) is 0. The number of carbonyl (C=O) groups is 1. The van der Waals surface area contributed by atoms with Crippen molar-refractivity contribution in [1.82, 2.24) is 0 Å². The van der Waals surface area contributed by atoms with Gasteiger partial charge < -0.3 is 15.0 Å². The van der Waals surface area contributed by atoms with Crippen LogP contribution < -0.4 is 10.2 Å². The first-order valence-corrected chi connectivity index (χ1v) is 3.62. The number of halogens is 2. The third-order valence-corrected chi connectivity index (χ3v) is 0.926. The molecular weight excluding hydrogens is 256 g/mol. The molecule has 0 aromatic heterocycles. The minimum atomic E-state index is -2.33. The Kier molecular flexibility index (Phi) is 10.4. The third-order valence-electron chi connectivity index (χ3n) is 0.178. The smallest absolute Gasteiger partial charge is 0.0874 e. The summed E-state index contributed by atoms with van der Waals surface area (Å²) < 4.78 is 0.273. The molecule has 0 spiro atoms. The summed E-state index contributed by atoms with van der Waals surface area (Å²) in [6.07, 6.45) is -0.583. The van der Waals surface area contributed by atoms with E-state index in [4.69, 9.17) is 15.0 Å². The Hall–Kier alpha value is -0.0300. The SMILES string of the molecule is C=CC(Br)Br.O=C([O-])[O-]. The lowest BCUT2D eigenvalue weighted by Crippen LogP contribution is -2.37. The van der Waals surface area contributed by atoms with E-state index in [0.29, 0.717) is 0 Å². The van der Waals surface area contributed by atoms with E-state index >= 15 is 0 Å². The van der Waals surface area contributed by atoms with Crippen LogP contribution in [0.1, 0.15) is 0 Å². The van der Waals surface area contributed by atoms with Crippen LogP contribution >= 0.6 is 31.9 Å². The second-order valence-electron chi connectivity index (χ2n) is 0.820. The lowest BCUT2D eigenvalue weighted by atomic mass is 10.8. The Bertz CT molecular complexity index is 87.8. The van der Waals surface area contributed by atoms with E-state index in [1.807, 2.05) is 0 Å². The molecule has 0 aliphatic rings. The minimum absolute atomic E-state index is 0.273. The Balaban J connectivity index is 0. The molecule has 0 atom stereocenters. The first-order valence-electron chi connectivity index (χ1n) is 1.79. The highest BCUT2D eigenvalue weighted by Crippen LogP contribution is 2.06. The van der Waals surface area contributed by atoms with Crippen molar-refractivity contribution in [2.45, 2.75) is 3.74 Å². The first-order chi connectivity index (χ1) is 4.00. The van der Waals surface area contributed by atoms with Gasteiger partial charge in [-0.25, -0.2) is 0 Å². The maximum atomic E-state index is 8.33. The van der Waals surface area contributed by atoms with Crippen molar-refractivity contribution in [2.75, 3.05) is 0 Å². The molecule has 5 heteroatoms. The molecule has 0 N–H and O–H groups in total. The molecule has 54 valence electrons. The number of rotatable bonds is 1. The second-order valence-corrected chi connectivity index (χ2v) is 4.02. The number of carboxylic acid groups (broad SMARTS) is 2. The van der Waals surface area contributed by atoms with E-state index in [0.717, 1.165) is 0 Å². The number of hydrogen-bond acceptors (Lipinski definition) is 3. The van der Waals surface area contributed by atoms with E-state index in [1.54, 1.807) is 6.08 Å². The van der Waals surface area contributed by atoms with E-state index in [2.05, 4.69) is 38.4 Å². The lowest BCUT2D eigenvalue weighted by molar-refractivity contribution is -0.415. The summed E-state index contributed by atoms with van der Waals surface area (Å²) in [5.41, 5.74) is 0. The average molecular weight is 260 g/mol. The Morgan fingerprint density at radius 2 is 1.67 bits per heavy atom. The van der Waals surface area contributed by atoms with Gasteiger partial charge in [0.1, 0.15) is 0 Å². The number of allylic oxidation sites excluding steroid dienone is 1. The monoisotopic (exact) mass is 258 g/mol. The van der Waals surface area contributed by atoms with Crippen molar-refractivity contribution in [3.05, 3.63) is 12.7 Å². The van der Waals surface area contributed by atoms with Crippen LogP contribution in [0.3, 0.4) is 0 Å². The molecule has 0 aromatic rings. The molecule has 0 aliphatic carbocycles. The molecule has 0 unspecified atom stereocenters. The van der Waals surface area contributed by atoms with E-state index < -0.39 is 6.16 Å². The van der Waals surface area contributed by atoms with Crippen molar-refractivity contribution in [1.29, 1.82) is 0 Å². The molecule has 3 nitrogen and oxygen atoms in total. The highest BCUT2D eigenvalue weighted by Gasteiger charge is 1.79. The molecule has 0 bridgehead atoms. The summed E-state index contributed by atoms with van der Waals surface area (Å²) in [4.78, 5) is 8.33. The standard InChI is InChI=1S/C3H4Br2.CH2O3/c1-2-3(4)5;2-1(3)4/h2-3H,1H2;(H2,2,3,4)/p-2. The zero-order chi connectivity index (χ0) is 7.86. The van der Waals surface area contributed by atoms with Gasteiger partial charge in [-0.3, -0.25) is 0 Å². The maximum Gasteiger partial charge on any atom is 0.0874 e. The van der Waals surface area contributed by atoms with Crippen LogP contribution in [0.2, 0.25) is 0 Å². The third kappa shape index (κ3) is 73.2. The van der Waals surface area contributed by atoms with E-state index in [-0.39, 0.29) is 3.74 Å². The fraction of sp³-hybridized carbons (Fsp3) is 0.250. The molecule has 0 amide bonds. The van der Waals surface area contributed by atoms with Crippen LogP contribution in [0.5, 0.6) is 0 Å². The van der Waals surface area contributed by atoms with Crippen molar-refractivity contribution in [3.63, 3.8) is 0 Å². The molecule has 0 saturated heterocycles. The van der Waals surface area contributed by atoms with Crippen molar-refractivity contribution in [2.24, 2.45) is 0 Å². The summed E-state index contributed by atoms with van der Waals surface area (Å²) in [6.45, 7) is 3.47. The van der Waals surface area contributed by atoms with Gasteiger partial charge >= 0.3 is 0 Å². The largest absolute Gasteiger partial charge is 0.652 e. The lowest BCUT2D eigenvalue weighted by Gasteiger charge is -1.96. The van der Waals surface area contributed by atoms with Crippen LogP contribution in [0, 0.1) is 0 Å².